The first-order chi connectivity index (χ1) is 4.73. The lowest BCUT2D eigenvalue weighted by atomic mass is 10.5. The molecule has 62 valence electrons. The van der Waals surface area contributed by atoms with Gasteiger partial charge in [-0.1, -0.05) is 6.07 Å². The Morgan fingerprint density at radius 2 is 1.64 bits per heavy atom. The number of hydrazine groups is 1. The highest BCUT2D eigenvalue weighted by Gasteiger charge is 1.58. The van der Waals surface area contributed by atoms with Crippen molar-refractivity contribution in [3.63, 3.8) is 0 Å². The van der Waals surface area contributed by atoms with Crippen LogP contribution in [-0.2, 0) is 0 Å². The lowest BCUT2D eigenvalue weighted by Crippen LogP contribution is -2.04. The molecule has 6 heteroatoms. The van der Waals surface area contributed by atoms with Crippen LogP contribution in [0.5, 0.6) is 0 Å². The van der Waals surface area contributed by atoms with Gasteiger partial charge < -0.3 is 5.48 Å². The maximum Gasteiger partial charge on any atom is 0.154 e. The van der Waals surface area contributed by atoms with E-state index in [0.29, 0.717) is 0 Å². The van der Waals surface area contributed by atoms with Crippen molar-refractivity contribution < 1.29 is 10.5 Å². The van der Waals surface area contributed by atoms with Crippen molar-refractivity contribution in [1.82, 2.24) is 4.98 Å². The monoisotopic (exact) mass is 159 g/mol. The molecule has 11 heavy (non-hydrogen) atoms. The summed E-state index contributed by atoms with van der Waals surface area (Å²) in [7, 11) is 0. The number of nitrogens with two attached hydrogens (primary N) is 1. The molecule has 0 amide bonds. The van der Waals surface area contributed by atoms with E-state index in [-0.39, 0.29) is 5.48 Å². The van der Waals surface area contributed by atoms with Gasteiger partial charge >= 0.3 is 0 Å². The molecule has 0 unspecified atom stereocenters. The molecule has 0 aromatic carbocycles. The van der Waals surface area contributed by atoms with Crippen LogP contribution in [0.15, 0.2) is 30.6 Å². The highest BCUT2D eigenvalue weighted by molar-refractivity contribution is 4.88. The molecule has 0 aliphatic rings. The normalized spacial score (nSPS) is 6.55. The molecule has 0 bridgehead atoms. The predicted octanol–water partition coefficient (Wildman–Crippen LogP) is -0.606. The summed E-state index contributed by atoms with van der Waals surface area (Å²) in [5.41, 5.74) is 0. The van der Waals surface area contributed by atoms with Crippen LogP contribution in [0.4, 0.5) is 0 Å². The summed E-state index contributed by atoms with van der Waals surface area (Å²) in [5, 5.41) is 7.58. The third-order valence-corrected chi connectivity index (χ3v) is 0.566. The van der Waals surface area contributed by atoms with Gasteiger partial charge in [-0.15, -0.1) is 0 Å². The lowest BCUT2D eigenvalue weighted by molar-refractivity contribution is -0.491. The van der Waals surface area contributed by atoms with Crippen LogP contribution < -0.4 is 5.84 Å². The minimum Gasteiger partial charge on any atom is -0.412 e. The zero-order chi connectivity index (χ0) is 7.82. The first-order valence-corrected chi connectivity index (χ1v) is 2.47. The van der Waals surface area contributed by atoms with Crippen molar-refractivity contribution >= 4 is 0 Å². The van der Waals surface area contributed by atoms with Gasteiger partial charge in [-0.25, -0.2) is 10.1 Å². The topological polar surface area (TPSA) is 114 Å². The van der Waals surface area contributed by atoms with Crippen LogP contribution in [0.3, 0.4) is 0 Å². The molecule has 1 rings (SSSR count). The van der Waals surface area contributed by atoms with E-state index in [2.05, 4.69) is 10.8 Å². The van der Waals surface area contributed by atoms with Crippen LogP contribution in [0, 0.1) is 10.1 Å². The Balaban J connectivity index is 0. The fourth-order valence-electron chi connectivity index (χ4n) is 0.313. The summed E-state index contributed by atoms with van der Waals surface area (Å²) in [5.74, 6) is 3.83. The fraction of sp³-hybridized carbons (Fsp3) is 0. The zero-order valence-corrected chi connectivity index (χ0v) is 5.68. The molecule has 0 radical (unpaired) electrons. The minimum absolute atomic E-state index is 0. The van der Waals surface area contributed by atoms with Gasteiger partial charge in [-0.2, -0.15) is 5.84 Å². The van der Waals surface area contributed by atoms with Crippen molar-refractivity contribution in [1.29, 1.82) is 0 Å². The summed E-state index contributed by atoms with van der Waals surface area (Å²) >= 11 is 0. The third-order valence-electron chi connectivity index (χ3n) is 0.566. The number of hydrogen-bond donors (Lipinski definition) is 1. The number of nitrogens with zero attached hydrogens (tertiary/aromatic N) is 2. The second-order valence-electron chi connectivity index (χ2n) is 1.31. The van der Waals surface area contributed by atoms with Gasteiger partial charge in [0, 0.05) is 12.4 Å². The standard InChI is InChI=1S/C5H5N.H2N2O2.H2O/c1-2-4-6-5-3-1;1-2(3)4;/h1-5H;1H2;1H2. The van der Waals surface area contributed by atoms with Gasteiger partial charge in [0.05, 0.1) is 0 Å². The van der Waals surface area contributed by atoms with Crippen molar-refractivity contribution in [2.45, 2.75) is 0 Å². The number of rotatable bonds is 0. The van der Waals surface area contributed by atoms with Crippen LogP contribution in [-0.4, -0.2) is 15.5 Å². The predicted molar refractivity (Wildman–Crippen MR) is 39.0 cm³/mol. The first-order valence-electron chi connectivity index (χ1n) is 2.47. The Morgan fingerprint density at radius 1 is 1.27 bits per heavy atom. The Hall–Kier alpha value is -1.69. The zero-order valence-electron chi connectivity index (χ0n) is 5.68. The summed E-state index contributed by atoms with van der Waals surface area (Å²) in [6, 6.07) is 5.72. The molecule has 0 aliphatic carbocycles. The summed E-state index contributed by atoms with van der Waals surface area (Å²) in [4.78, 5) is 12.4. The lowest BCUT2D eigenvalue weighted by Gasteiger charge is -1.70. The third kappa shape index (κ3) is 17.8. The average Bonchev–Trinajstić information content (AvgIpc) is 1.90. The van der Waals surface area contributed by atoms with Crippen LogP contribution in [0.25, 0.3) is 0 Å². The second kappa shape index (κ2) is 8.31. The largest absolute Gasteiger partial charge is 0.412 e. The van der Waals surface area contributed by atoms with E-state index in [9.17, 15) is 0 Å². The molecule has 0 atom stereocenters. The summed E-state index contributed by atoms with van der Waals surface area (Å²) < 4.78 is 0. The molecule has 1 aromatic rings. The Bertz CT molecular complexity index is 149. The van der Waals surface area contributed by atoms with E-state index in [1.54, 1.807) is 12.4 Å². The maximum absolute atomic E-state index is 8.58. The molecule has 0 saturated carbocycles. The molecule has 0 fully saturated rings. The summed E-state index contributed by atoms with van der Waals surface area (Å²) in [6.07, 6.45) is 3.50. The van der Waals surface area contributed by atoms with Crippen molar-refractivity contribution in [2.75, 3.05) is 0 Å². The van der Waals surface area contributed by atoms with E-state index in [4.69, 9.17) is 10.1 Å². The Kier molecular flexibility index (Phi) is 9.09. The number of pyridine rings is 1. The van der Waals surface area contributed by atoms with E-state index in [0.717, 1.165) is 0 Å². The Labute approximate surface area is 63.1 Å². The summed E-state index contributed by atoms with van der Waals surface area (Å²) in [6.45, 7) is 0. The van der Waals surface area contributed by atoms with Gasteiger partial charge in [0.15, 0.2) is 5.03 Å². The van der Waals surface area contributed by atoms with Crippen LogP contribution in [0.2, 0.25) is 0 Å². The molecule has 0 spiro atoms. The smallest absolute Gasteiger partial charge is 0.154 e. The van der Waals surface area contributed by atoms with E-state index >= 15 is 0 Å². The SMILES string of the molecule is N[N+](=O)[O-].O.c1ccncc1. The van der Waals surface area contributed by atoms with Crippen molar-refractivity contribution in [3.8, 4) is 0 Å². The maximum atomic E-state index is 8.58. The van der Waals surface area contributed by atoms with Gasteiger partial charge in [0.25, 0.3) is 0 Å². The first kappa shape index (κ1) is 12.0. The van der Waals surface area contributed by atoms with Gasteiger partial charge in [-0.3, -0.25) is 4.98 Å². The average molecular weight is 159 g/mol. The van der Waals surface area contributed by atoms with Gasteiger partial charge in [0.1, 0.15) is 0 Å². The molecule has 0 aliphatic heterocycles. The van der Waals surface area contributed by atoms with E-state index in [1.165, 1.54) is 0 Å². The Morgan fingerprint density at radius 3 is 1.73 bits per heavy atom. The molecule has 6 nitrogen and oxygen atoms in total. The van der Waals surface area contributed by atoms with Crippen LogP contribution in [0.1, 0.15) is 0 Å². The van der Waals surface area contributed by atoms with Crippen LogP contribution >= 0.6 is 0 Å². The molecular weight excluding hydrogens is 150 g/mol. The molecular formula is C5H9N3O3. The van der Waals surface area contributed by atoms with Gasteiger partial charge in [0.2, 0.25) is 0 Å². The quantitative estimate of drug-likeness (QED) is 0.309. The van der Waals surface area contributed by atoms with E-state index < -0.39 is 5.03 Å². The molecule has 0 saturated heterocycles. The van der Waals surface area contributed by atoms with Crippen molar-refractivity contribution in [3.05, 3.63) is 40.7 Å². The van der Waals surface area contributed by atoms with Gasteiger partial charge in [-0.05, 0) is 12.1 Å². The van der Waals surface area contributed by atoms with E-state index in [1.807, 2.05) is 18.2 Å². The number of nitro groups is 1. The number of aromatic nitrogens is 1. The minimum atomic E-state index is -1.00. The van der Waals surface area contributed by atoms with Crippen molar-refractivity contribution in [2.24, 2.45) is 5.84 Å². The number of hydrogen-bond acceptors (Lipinski definition) is 3. The molecule has 1 heterocycles. The highest BCUT2D eigenvalue weighted by Crippen LogP contribution is 1.73. The molecule has 1 aromatic heterocycles. The second-order valence-corrected chi connectivity index (χ2v) is 1.31. The molecule has 4 N–H and O–H groups in total. The highest BCUT2D eigenvalue weighted by atomic mass is 16.7. The fourth-order valence-corrected chi connectivity index (χ4v) is 0.313.